The van der Waals surface area contributed by atoms with E-state index in [2.05, 4.69) is 9.71 Å². The predicted octanol–water partition coefficient (Wildman–Crippen LogP) is 5.55. The molecule has 0 spiro atoms. The van der Waals surface area contributed by atoms with Gasteiger partial charge in [-0.25, -0.2) is 21.6 Å². The lowest BCUT2D eigenvalue weighted by atomic mass is 10.2. The fourth-order valence-corrected chi connectivity index (χ4v) is 4.12. The van der Waals surface area contributed by atoms with E-state index in [1.807, 2.05) is 0 Å². The van der Waals surface area contributed by atoms with Crippen molar-refractivity contribution in [2.75, 3.05) is 4.72 Å². The van der Waals surface area contributed by atoms with E-state index in [1.54, 1.807) is 19.1 Å². The normalized spacial score (nSPS) is 11.5. The van der Waals surface area contributed by atoms with Crippen molar-refractivity contribution in [2.45, 2.75) is 11.8 Å². The second-order valence-corrected chi connectivity index (χ2v) is 8.38. The highest BCUT2D eigenvalue weighted by Crippen LogP contribution is 2.31. The molecule has 0 aliphatic heterocycles. The van der Waals surface area contributed by atoms with Crippen molar-refractivity contribution >= 4 is 26.6 Å². The van der Waals surface area contributed by atoms with Crippen molar-refractivity contribution in [3.63, 3.8) is 0 Å². The van der Waals surface area contributed by atoms with Crippen LogP contribution in [0.3, 0.4) is 0 Å². The van der Waals surface area contributed by atoms with Crippen LogP contribution in [0.25, 0.3) is 10.9 Å². The number of halogens is 3. The average molecular weight is 444 g/mol. The third-order valence-corrected chi connectivity index (χ3v) is 5.79. The second-order valence-electron chi connectivity index (χ2n) is 6.73. The van der Waals surface area contributed by atoms with E-state index >= 15 is 0 Å². The number of sulfonamides is 1. The number of nitrogens with one attached hydrogen (secondary N) is 1. The van der Waals surface area contributed by atoms with Gasteiger partial charge < -0.3 is 4.74 Å². The van der Waals surface area contributed by atoms with Crippen LogP contribution in [0.15, 0.2) is 71.6 Å². The topological polar surface area (TPSA) is 68.3 Å². The maximum atomic E-state index is 13.8. The minimum atomic E-state index is -4.25. The molecule has 31 heavy (non-hydrogen) atoms. The van der Waals surface area contributed by atoms with E-state index < -0.39 is 32.4 Å². The van der Waals surface area contributed by atoms with Crippen molar-refractivity contribution in [3.05, 3.63) is 89.9 Å². The van der Waals surface area contributed by atoms with E-state index in [1.165, 1.54) is 36.4 Å². The van der Waals surface area contributed by atoms with E-state index in [0.717, 1.165) is 12.1 Å². The number of rotatable bonds is 5. The minimum Gasteiger partial charge on any atom is -0.457 e. The molecule has 0 radical (unpaired) electrons. The third kappa shape index (κ3) is 4.46. The van der Waals surface area contributed by atoms with Gasteiger partial charge in [-0.05, 0) is 61.5 Å². The van der Waals surface area contributed by atoms with E-state index in [0.29, 0.717) is 34.2 Å². The van der Waals surface area contributed by atoms with Crippen LogP contribution < -0.4 is 9.46 Å². The number of aryl methyl sites for hydroxylation is 1. The Labute approximate surface area is 176 Å². The first kappa shape index (κ1) is 20.7. The highest BCUT2D eigenvalue weighted by molar-refractivity contribution is 7.92. The number of ether oxygens (including phenoxy) is 1. The maximum Gasteiger partial charge on any atom is 0.264 e. The fraction of sp³-hybridized carbons (Fsp3) is 0.0455. The van der Waals surface area contributed by atoms with Crippen LogP contribution in [0.5, 0.6) is 11.5 Å². The summed E-state index contributed by atoms with van der Waals surface area (Å²) in [6, 6.07) is 13.9. The van der Waals surface area contributed by atoms with Crippen molar-refractivity contribution < 1.29 is 26.3 Å². The zero-order valence-corrected chi connectivity index (χ0v) is 16.9. The number of pyridine rings is 1. The van der Waals surface area contributed by atoms with E-state index in [9.17, 15) is 21.6 Å². The molecule has 0 aliphatic rings. The summed E-state index contributed by atoms with van der Waals surface area (Å²) in [5.74, 6) is -1.74. The van der Waals surface area contributed by atoms with Crippen molar-refractivity contribution in [3.8, 4) is 11.5 Å². The Bertz CT molecular complexity index is 1390. The maximum absolute atomic E-state index is 13.8. The van der Waals surface area contributed by atoms with Gasteiger partial charge in [-0.2, -0.15) is 0 Å². The summed E-state index contributed by atoms with van der Waals surface area (Å²) in [6.07, 6.45) is 0. The number of aromatic nitrogens is 1. The summed E-state index contributed by atoms with van der Waals surface area (Å²) in [6.45, 7) is 1.78. The Kier molecular flexibility index (Phi) is 5.28. The molecule has 3 aromatic carbocycles. The molecule has 0 saturated carbocycles. The first-order valence-corrected chi connectivity index (χ1v) is 10.5. The molecule has 1 heterocycles. The van der Waals surface area contributed by atoms with Gasteiger partial charge in [0.05, 0.1) is 5.52 Å². The number of benzene rings is 3. The Balaban J connectivity index is 1.58. The lowest BCUT2D eigenvalue weighted by Gasteiger charge is -2.12. The molecule has 4 aromatic rings. The highest BCUT2D eigenvalue weighted by atomic mass is 32.2. The molecule has 1 aromatic heterocycles. The Morgan fingerprint density at radius 1 is 0.871 bits per heavy atom. The summed E-state index contributed by atoms with van der Waals surface area (Å²) >= 11 is 0. The molecule has 0 unspecified atom stereocenters. The molecular weight excluding hydrogens is 429 g/mol. The standard InChI is InChI=1S/C22H15F3N2O3S/c1-13-10-21(18-11-14(23)2-8-20(18)26-13)30-17-6-4-16(5-7-17)27-31(28,29)22-9-3-15(24)12-19(22)25/h2-12,27H,1H3. The smallest absolute Gasteiger partial charge is 0.264 e. The fourth-order valence-electron chi connectivity index (χ4n) is 3.00. The highest BCUT2D eigenvalue weighted by Gasteiger charge is 2.19. The van der Waals surface area contributed by atoms with Gasteiger partial charge in [-0.1, -0.05) is 0 Å². The Morgan fingerprint density at radius 2 is 1.55 bits per heavy atom. The molecule has 158 valence electrons. The summed E-state index contributed by atoms with van der Waals surface area (Å²) < 4.78 is 73.4. The molecule has 0 bridgehead atoms. The van der Waals surface area contributed by atoms with Gasteiger partial charge in [-0.15, -0.1) is 0 Å². The summed E-state index contributed by atoms with van der Waals surface area (Å²) in [4.78, 5) is 3.67. The van der Waals surface area contributed by atoms with Gasteiger partial charge in [0.1, 0.15) is 33.8 Å². The number of fused-ring (bicyclic) bond motifs is 1. The first-order valence-electron chi connectivity index (χ1n) is 9.04. The van der Waals surface area contributed by atoms with Crippen LogP contribution in [-0.4, -0.2) is 13.4 Å². The summed E-state index contributed by atoms with van der Waals surface area (Å²) in [5, 5.41) is 0.488. The van der Waals surface area contributed by atoms with Crippen LogP contribution in [0.4, 0.5) is 18.9 Å². The molecule has 5 nitrogen and oxygen atoms in total. The van der Waals surface area contributed by atoms with E-state index in [-0.39, 0.29) is 5.69 Å². The predicted molar refractivity (Wildman–Crippen MR) is 110 cm³/mol. The van der Waals surface area contributed by atoms with Crippen LogP contribution in [0, 0.1) is 24.4 Å². The number of hydrogen-bond acceptors (Lipinski definition) is 4. The van der Waals surface area contributed by atoms with Crippen molar-refractivity contribution in [1.82, 2.24) is 4.98 Å². The van der Waals surface area contributed by atoms with Gasteiger partial charge in [0.2, 0.25) is 0 Å². The lowest BCUT2D eigenvalue weighted by molar-refractivity contribution is 0.487. The van der Waals surface area contributed by atoms with Gasteiger partial charge >= 0.3 is 0 Å². The van der Waals surface area contributed by atoms with Crippen molar-refractivity contribution in [2.24, 2.45) is 0 Å². The molecule has 0 saturated heterocycles. The Morgan fingerprint density at radius 3 is 2.26 bits per heavy atom. The Hall–Kier alpha value is -3.59. The number of anilines is 1. The molecule has 0 fully saturated rings. The zero-order chi connectivity index (χ0) is 22.2. The number of hydrogen-bond donors (Lipinski definition) is 1. The largest absolute Gasteiger partial charge is 0.457 e. The second kappa shape index (κ2) is 7.92. The molecule has 4 rings (SSSR count). The van der Waals surface area contributed by atoms with E-state index in [4.69, 9.17) is 4.74 Å². The summed E-state index contributed by atoms with van der Waals surface area (Å²) in [7, 11) is -4.25. The van der Waals surface area contributed by atoms with Crippen LogP contribution in [0.2, 0.25) is 0 Å². The summed E-state index contributed by atoms with van der Waals surface area (Å²) in [5.41, 5.74) is 1.40. The van der Waals surface area contributed by atoms with Crippen LogP contribution >= 0.6 is 0 Å². The SMILES string of the molecule is Cc1cc(Oc2ccc(NS(=O)(=O)c3ccc(F)cc3F)cc2)c2cc(F)ccc2n1. The van der Waals surface area contributed by atoms with Gasteiger partial charge in [0, 0.05) is 28.9 Å². The van der Waals surface area contributed by atoms with Gasteiger partial charge in [0.25, 0.3) is 10.0 Å². The minimum absolute atomic E-state index is 0.151. The molecule has 0 amide bonds. The monoisotopic (exact) mass is 444 g/mol. The van der Waals surface area contributed by atoms with Gasteiger partial charge in [0.15, 0.2) is 0 Å². The molecule has 1 N–H and O–H groups in total. The molecule has 0 aliphatic carbocycles. The van der Waals surface area contributed by atoms with Crippen LogP contribution in [-0.2, 0) is 10.0 Å². The number of nitrogens with zero attached hydrogens (tertiary/aromatic N) is 1. The quantitative estimate of drug-likeness (QED) is 0.438. The van der Waals surface area contributed by atoms with Crippen LogP contribution in [0.1, 0.15) is 5.69 Å². The van der Waals surface area contributed by atoms with Crippen molar-refractivity contribution in [1.29, 1.82) is 0 Å². The molecule has 0 atom stereocenters. The average Bonchev–Trinajstić information content (AvgIpc) is 2.69. The zero-order valence-electron chi connectivity index (χ0n) is 16.1. The first-order chi connectivity index (χ1) is 14.7. The molecular formula is C22H15F3N2O3S. The molecule has 9 heteroatoms. The lowest BCUT2D eigenvalue weighted by Crippen LogP contribution is -2.14. The van der Waals surface area contributed by atoms with Gasteiger partial charge in [-0.3, -0.25) is 9.71 Å². The third-order valence-electron chi connectivity index (χ3n) is 4.38.